The van der Waals surface area contributed by atoms with Crippen molar-refractivity contribution in [1.29, 1.82) is 0 Å². The topological polar surface area (TPSA) is 116 Å². The van der Waals surface area contributed by atoms with Crippen LogP contribution in [0.1, 0.15) is 27.0 Å². The van der Waals surface area contributed by atoms with E-state index >= 15 is 0 Å². The number of amides is 1. The van der Waals surface area contributed by atoms with Crippen LogP contribution in [0.3, 0.4) is 0 Å². The van der Waals surface area contributed by atoms with Crippen LogP contribution in [0, 0.1) is 20.8 Å². The number of carboxylic acids is 1. The summed E-state index contributed by atoms with van der Waals surface area (Å²) in [5, 5.41) is 21.1. The van der Waals surface area contributed by atoms with Gasteiger partial charge in [0.05, 0.1) is 11.5 Å². The number of hydrogen-bond acceptors (Lipinski definition) is 4. The molecule has 0 radical (unpaired) electrons. The normalized spacial score (nSPS) is 12.6. The number of aliphatic hydroxyl groups is 1. The largest absolute Gasteiger partial charge is 0.480 e. The van der Waals surface area contributed by atoms with Crippen molar-refractivity contribution in [2.24, 2.45) is 0 Å². The molecule has 0 bridgehead atoms. The highest BCUT2D eigenvalue weighted by Gasteiger charge is 2.20. The quantitative estimate of drug-likeness (QED) is 0.369. The molecule has 0 aromatic heterocycles. The van der Waals surface area contributed by atoms with Crippen LogP contribution in [0.25, 0.3) is 11.1 Å². The van der Waals surface area contributed by atoms with Crippen molar-refractivity contribution >= 4 is 40.2 Å². The van der Waals surface area contributed by atoms with Crippen LogP contribution in [0.5, 0.6) is 0 Å². The summed E-state index contributed by atoms with van der Waals surface area (Å²) in [6, 6.07) is 14.8. The first kappa shape index (κ1) is 25.4. The second kappa shape index (κ2) is 10.8. The fourth-order valence-electron chi connectivity index (χ4n) is 3.40. The minimum absolute atomic E-state index is 0.312. The molecule has 0 saturated carbocycles. The number of rotatable bonds is 8. The SMILES string of the molecule is Cc1cc(S(=O)Nc2cccc(-c3ccc(C(=O)N[C@H](CO)C(=O)O)c(C)c3)c2)c(C)cc1Cl. The zero-order valence-corrected chi connectivity index (χ0v) is 20.5. The van der Waals surface area contributed by atoms with E-state index in [4.69, 9.17) is 21.8 Å². The minimum Gasteiger partial charge on any atom is -0.480 e. The monoisotopic (exact) mass is 500 g/mol. The number of carboxylic acid groups (broad SMARTS) is 1. The molecule has 3 aromatic carbocycles. The standard InChI is InChI=1S/C25H25ClN2O5S/c1-14-9-18(7-8-20(14)24(30)27-22(13-29)25(31)32)17-5-4-6-19(12-17)28-34(33)23-11-15(2)21(26)10-16(23)3/h4-12,22,28-29H,13H2,1-3H3,(H,27,30)(H,31,32)/t22-,34?/m1/s1. The molecule has 0 aliphatic rings. The lowest BCUT2D eigenvalue weighted by atomic mass is 9.99. The van der Waals surface area contributed by atoms with Crippen molar-refractivity contribution in [1.82, 2.24) is 5.32 Å². The van der Waals surface area contributed by atoms with Crippen LogP contribution >= 0.6 is 11.6 Å². The van der Waals surface area contributed by atoms with Crippen molar-refractivity contribution in [3.8, 4) is 11.1 Å². The second-order valence-corrected chi connectivity index (χ2v) is 9.48. The third-order valence-corrected chi connectivity index (χ3v) is 6.99. The fraction of sp³-hybridized carbons (Fsp3) is 0.200. The van der Waals surface area contributed by atoms with Gasteiger partial charge in [0.2, 0.25) is 0 Å². The Bertz CT molecular complexity index is 1280. The van der Waals surface area contributed by atoms with Crippen molar-refractivity contribution in [2.45, 2.75) is 31.7 Å². The van der Waals surface area contributed by atoms with Crippen LogP contribution in [-0.4, -0.2) is 38.9 Å². The third-order valence-electron chi connectivity index (χ3n) is 5.32. The number of hydrogen-bond donors (Lipinski definition) is 4. The van der Waals surface area contributed by atoms with Gasteiger partial charge < -0.3 is 20.3 Å². The molecule has 0 saturated heterocycles. The van der Waals surface area contributed by atoms with Gasteiger partial charge in [-0.05, 0) is 78.9 Å². The van der Waals surface area contributed by atoms with Crippen LogP contribution in [0.15, 0.2) is 59.5 Å². The van der Waals surface area contributed by atoms with Crippen LogP contribution in [0.4, 0.5) is 5.69 Å². The molecule has 1 unspecified atom stereocenters. The summed E-state index contributed by atoms with van der Waals surface area (Å²) in [6.45, 7) is 4.77. The van der Waals surface area contributed by atoms with E-state index in [1.165, 1.54) is 0 Å². The van der Waals surface area contributed by atoms with E-state index in [2.05, 4.69) is 10.0 Å². The van der Waals surface area contributed by atoms with Gasteiger partial charge in [-0.15, -0.1) is 0 Å². The summed E-state index contributed by atoms with van der Waals surface area (Å²) in [7, 11) is -1.48. The maximum atomic E-state index is 12.9. The molecule has 2 atom stereocenters. The molecule has 34 heavy (non-hydrogen) atoms. The van der Waals surface area contributed by atoms with Gasteiger partial charge in [0.25, 0.3) is 5.91 Å². The molecule has 1 amide bonds. The number of aliphatic hydroxyl groups excluding tert-OH is 1. The molecule has 3 rings (SSSR count). The lowest BCUT2D eigenvalue weighted by Gasteiger charge is -2.14. The predicted octanol–water partition coefficient (Wildman–Crippen LogP) is 4.24. The number of halogens is 1. The average molecular weight is 501 g/mol. The van der Waals surface area contributed by atoms with Gasteiger partial charge in [0.15, 0.2) is 17.0 Å². The zero-order chi connectivity index (χ0) is 25.0. The number of nitrogens with one attached hydrogen (secondary N) is 2. The molecule has 3 aromatic rings. The molecular formula is C25H25ClN2O5S. The van der Waals surface area contributed by atoms with Gasteiger partial charge in [0, 0.05) is 16.3 Å². The molecule has 0 aliphatic heterocycles. The third kappa shape index (κ3) is 5.83. The van der Waals surface area contributed by atoms with Crippen molar-refractivity contribution in [3.05, 3.63) is 81.9 Å². The number of aryl methyl sites for hydroxylation is 3. The first-order valence-electron chi connectivity index (χ1n) is 10.4. The molecular weight excluding hydrogens is 476 g/mol. The van der Waals surface area contributed by atoms with Crippen molar-refractivity contribution < 1.29 is 24.0 Å². The number of carbonyl (C=O) groups excluding carboxylic acids is 1. The predicted molar refractivity (Wildman–Crippen MR) is 134 cm³/mol. The fourth-order valence-corrected chi connectivity index (χ4v) is 4.70. The zero-order valence-electron chi connectivity index (χ0n) is 18.9. The molecule has 4 N–H and O–H groups in total. The summed E-state index contributed by atoms with van der Waals surface area (Å²) in [5.41, 5.74) is 4.97. The van der Waals surface area contributed by atoms with Gasteiger partial charge in [-0.2, -0.15) is 0 Å². The number of benzene rings is 3. The molecule has 9 heteroatoms. The lowest BCUT2D eigenvalue weighted by Crippen LogP contribution is -2.43. The molecule has 178 valence electrons. The summed E-state index contributed by atoms with van der Waals surface area (Å²) in [6.07, 6.45) is 0. The highest BCUT2D eigenvalue weighted by Crippen LogP contribution is 2.27. The van der Waals surface area contributed by atoms with Crippen LogP contribution in [0.2, 0.25) is 5.02 Å². The maximum absolute atomic E-state index is 12.9. The van der Waals surface area contributed by atoms with Crippen molar-refractivity contribution in [2.75, 3.05) is 11.3 Å². The Morgan fingerprint density at radius 3 is 2.32 bits per heavy atom. The van der Waals surface area contributed by atoms with E-state index in [9.17, 15) is 13.8 Å². The summed E-state index contributed by atoms with van der Waals surface area (Å²) in [5.74, 6) is -1.89. The molecule has 0 fully saturated rings. The van der Waals surface area contributed by atoms with Gasteiger partial charge in [-0.3, -0.25) is 4.79 Å². The Labute approximate surface area is 205 Å². The van der Waals surface area contributed by atoms with Crippen LogP contribution < -0.4 is 10.0 Å². The Balaban J connectivity index is 1.81. The van der Waals surface area contributed by atoms with Gasteiger partial charge in [0.1, 0.15) is 0 Å². The molecule has 0 aliphatic carbocycles. The van der Waals surface area contributed by atoms with E-state index in [0.717, 1.165) is 22.3 Å². The van der Waals surface area contributed by atoms with E-state index in [1.54, 1.807) is 25.1 Å². The summed E-state index contributed by atoms with van der Waals surface area (Å²) in [4.78, 5) is 24.1. The van der Waals surface area contributed by atoms with Crippen molar-refractivity contribution in [3.63, 3.8) is 0 Å². The smallest absolute Gasteiger partial charge is 0.328 e. The Hall–Kier alpha value is -3.20. The number of carbonyl (C=O) groups is 2. The van der Waals surface area contributed by atoms with Crippen LogP contribution in [-0.2, 0) is 15.8 Å². The Morgan fingerprint density at radius 1 is 0.971 bits per heavy atom. The van der Waals surface area contributed by atoms with Gasteiger partial charge in [-0.25, -0.2) is 9.00 Å². The second-order valence-electron chi connectivity index (χ2n) is 7.90. The highest BCUT2D eigenvalue weighted by molar-refractivity contribution is 7.86. The first-order valence-corrected chi connectivity index (χ1v) is 11.9. The van der Waals surface area contributed by atoms with Gasteiger partial charge >= 0.3 is 5.97 Å². The van der Waals surface area contributed by atoms with Gasteiger partial charge in [-0.1, -0.05) is 35.9 Å². The minimum atomic E-state index is -1.48. The molecule has 7 nitrogen and oxygen atoms in total. The number of anilines is 1. The molecule has 0 spiro atoms. The lowest BCUT2D eigenvalue weighted by molar-refractivity contribution is -0.140. The Kier molecular flexibility index (Phi) is 8.09. The first-order chi connectivity index (χ1) is 16.1. The molecule has 0 heterocycles. The highest BCUT2D eigenvalue weighted by atomic mass is 35.5. The Morgan fingerprint density at radius 2 is 1.68 bits per heavy atom. The summed E-state index contributed by atoms with van der Waals surface area (Å²) < 4.78 is 16.0. The van der Waals surface area contributed by atoms with E-state index in [0.29, 0.717) is 26.7 Å². The number of aliphatic carboxylic acids is 1. The average Bonchev–Trinajstić information content (AvgIpc) is 2.79. The summed E-state index contributed by atoms with van der Waals surface area (Å²) >= 11 is 6.15. The van der Waals surface area contributed by atoms with E-state index in [-0.39, 0.29) is 0 Å². The van der Waals surface area contributed by atoms with E-state index in [1.807, 2.05) is 50.2 Å². The maximum Gasteiger partial charge on any atom is 0.328 e. The van der Waals surface area contributed by atoms with E-state index < -0.39 is 35.5 Å².